The van der Waals surface area contributed by atoms with Crippen LogP contribution in [0.1, 0.15) is 10.4 Å². The zero-order valence-electron chi connectivity index (χ0n) is 11.4. The van der Waals surface area contributed by atoms with E-state index in [1.54, 1.807) is 24.5 Å². The third-order valence-electron chi connectivity index (χ3n) is 3.18. The minimum absolute atomic E-state index is 0.0894. The number of aromatic nitrogens is 2. The van der Waals surface area contributed by atoms with Gasteiger partial charge in [-0.2, -0.15) is 5.10 Å². The maximum Gasteiger partial charge on any atom is 0.259 e. The highest BCUT2D eigenvalue weighted by Gasteiger charge is 2.12. The van der Waals surface area contributed by atoms with Gasteiger partial charge >= 0.3 is 0 Å². The molecule has 110 valence electrons. The van der Waals surface area contributed by atoms with Gasteiger partial charge in [0.2, 0.25) is 0 Å². The molecule has 0 aliphatic carbocycles. The number of amides is 1. The average Bonchev–Trinajstić information content (AvgIpc) is 3.01. The van der Waals surface area contributed by atoms with E-state index in [2.05, 4.69) is 15.5 Å². The van der Waals surface area contributed by atoms with Crippen molar-refractivity contribution in [3.63, 3.8) is 0 Å². The number of rotatable bonds is 3. The maximum atomic E-state index is 12.2. The lowest BCUT2D eigenvalue weighted by atomic mass is 10.1. The zero-order valence-corrected chi connectivity index (χ0v) is 11.4. The van der Waals surface area contributed by atoms with Crippen LogP contribution in [0.4, 0.5) is 5.69 Å². The van der Waals surface area contributed by atoms with Crippen molar-refractivity contribution < 1.29 is 15.0 Å². The summed E-state index contributed by atoms with van der Waals surface area (Å²) < 4.78 is 0. The van der Waals surface area contributed by atoms with Crippen LogP contribution in [-0.4, -0.2) is 26.3 Å². The zero-order chi connectivity index (χ0) is 15.5. The molecule has 1 aromatic heterocycles. The highest BCUT2D eigenvalue weighted by molar-refractivity contribution is 6.06. The summed E-state index contributed by atoms with van der Waals surface area (Å²) in [4.78, 5) is 12.2. The van der Waals surface area contributed by atoms with Crippen molar-refractivity contribution >= 4 is 11.6 Å². The van der Waals surface area contributed by atoms with Gasteiger partial charge in [0.1, 0.15) is 11.5 Å². The number of nitrogens with zero attached hydrogens (tertiary/aromatic N) is 1. The van der Waals surface area contributed by atoms with E-state index < -0.39 is 5.91 Å². The summed E-state index contributed by atoms with van der Waals surface area (Å²) in [6.07, 6.45) is 3.44. The summed E-state index contributed by atoms with van der Waals surface area (Å²) in [6, 6.07) is 11.1. The Labute approximate surface area is 126 Å². The van der Waals surface area contributed by atoms with Crippen LogP contribution in [0.2, 0.25) is 0 Å². The maximum absolute atomic E-state index is 12.2. The number of carbonyl (C=O) groups excluding carboxylic acids is 1. The van der Waals surface area contributed by atoms with Gasteiger partial charge in [0.15, 0.2) is 0 Å². The lowest BCUT2D eigenvalue weighted by Gasteiger charge is -2.08. The molecule has 3 aromatic rings. The summed E-state index contributed by atoms with van der Waals surface area (Å²) in [5.41, 5.74) is 2.49. The smallest absolute Gasteiger partial charge is 0.259 e. The first kappa shape index (κ1) is 13.7. The number of nitrogens with one attached hydrogen (secondary N) is 2. The molecule has 6 heteroatoms. The molecule has 0 bridgehead atoms. The van der Waals surface area contributed by atoms with Crippen LogP contribution in [0.3, 0.4) is 0 Å². The van der Waals surface area contributed by atoms with E-state index in [-0.39, 0.29) is 17.1 Å². The summed E-state index contributed by atoms with van der Waals surface area (Å²) in [5.74, 6) is -0.832. The molecule has 0 saturated carbocycles. The van der Waals surface area contributed by atoms with Crippen LogP contribution in [0.15, 0.2) is 54.9 Å². The standard InChI is InChI=1S/C16H13N3O3/c20-13-4-5-14(15(21)7-13)16(22)19-12-3-1-2-10(6-12)11-8-17-18-9-11/h1-9,20-21H,(H,17,18)(H,19,22). The molecule has 22 heavy (non-hydrogen) atoms. The highest BCUT2D eigenvalue weighted by atomic mass is 16.3. The Morgan fingerprint density at radius 2 is 1.95 bits per heavy atom. The Morgan fingerprint density at radius 1 is 1.09 bits per heavy atom. The van der Waals surface area contributed by atoms with Crippen LogP contribution in [0.25, 0.3) is 11.1 Å². The Kier molecular flexibility index (Phi) is 3.49. The molecule has 0 aliphatic heterocycles. The number of hydrogen-bond donors (Lipinski definition) is 4. The number of benzene rings is 2. The summed E-state index contributed by atoms with van der Waals surface area (Å²) in [5, 5.41) is 28.3. The van der Waals surface area contributed by atoms with Crippen molar-refractivity contribution in [1.29, 1.82) is 0 Å². The van der Waals surface area contributed by atoms with Gasteiger partial charge in [-0.1, -0.05) is 12.1 Å². The molecule has 1 amide bonds. The Balaban J connectivity index is 1.84. The largest absolute Gasteiger partial charge is 0.508 e. The van der Waals surface area contributed by atoms with Gasteiger partial charge in [0.25, 0.3) is 5.91 Å². The fourth-order valence-electron chi connectivity index (χ4n) is 2.10. The molecule has 1 heterocycles. The molecule has 0 saturated heterocycles. The quantitative estimate of drug-likeness (QED) is 0.597. The van der Waals surface area contributed by atoms with Crippen molar-refractivity contribution in [1.82, 2.24) is 10.2 Å². The second-order valence-corrected chi connectivity index (χ2v) is 4.72. The number of aromatic hydroxyl groups is 2. The topological polar surface area (TPSA) is 98.2 Å². The van der Waals surface area contributed by atoms with Crippen molar-refractivity contribution in [3.8, 4) is 22.6 Å². The lowest BCUT2D eigenvalue weighted by Crippen LogP contribution is -2.11. The first-order valence-corrected chi connectivity index (χ1v) is 6.56. The summed E-state index contributed by atoms with van der Waals surface area (Å²) in [6.45, 7) is 0. The fourth-order valence-corrected chi connectivity index (χ4v) is 2.10. The molecular weight excluding hydrogens is 282 g/mol. The molecular formula is C16H13N3O3. The van der Waals surface area contributed by atoms with E-state index in [9.17, 15) is 15.0 Å². The fraction of sp³-hybridized carbons (Fsp3) is 0. The molecule has 3 rings (SSSR count). The second kappa shape index (κ2) is 5.61. The van der Waals surface area contributed by atoms with Crippen molar-refractivity contribution in [2.75, 3.05) is 5.32 Å². The van der Waals surface area contributed by atoms with Crippen LogP contribution in [-0.2, 0) is 0 Å². The Hall–Kier alpha value is -3.28. The van der Waals surface area contributed by atoms with E-state index in [1.165, 1.54) is 12.1 Å². The molecule has 0 aliphatic rings. The van der Waals surface area contributed by atoms with Crippen molar-refractivity contribution in [2.45, 2.75) is 0 Å². The monoisotopic (exact) mass is 295 g/mol. The van der Waals surface area contributed by atoms with Gasteiger partial charge in [0.05, 0.1) is 11.8 Å². The van der Waals surface area contributed by atoms with Crippen LogP contribution < -0.4 is 5.32 Å². The van der Waals surface area contributed by atoms with E-state index in [1.807, 2.05) is 12.1 Å². The number of phenols is 2. The third kappa shape index (κ3) is 2.76. The van der Waals surface area contributed by atoms with E-state index in [0.717, 1.165) is 17.2 Å². The third-order valence-corrected chi connectivity index (χ3v) is 3.18. The number of aromatic amines is 1. The summed E-state index contributed by atoms with van der Waals surface area (Å²) >= 11 is 0. The molecule has 0 fully saturated rings. The predicted octanol–water partition coefficient (Wildman–Crippen LogP) is 2.74. The van der Waals surface area contributed by atoms with E-state index in [4.69, 9.17) is 0 Å². The first-order valence-electron chi connectivity index (χ1n) is 6.56. The van der Waals surface area contributed by atoms with Gasteiger partial charge in [-0.15, -0.1) is 0 Å². The second-order valence-electron chi connectivity index (χ2n) is 4.72. The predicted molar refractivity (Wildman–Crippen MR) is 81.7 cm³/mol. The van der Waals surface area contributed by atoms with Crippen molar-refractivity contribution in [3.05, 3.63) is 60.4 Å². The van der Waals surface area contributed by atoms with E-state index in [0.29, 0.717) is 5.69 Å². The van der Waals surface area contributed by atoms with Crippen molar-refractivity contribution in [2.24, 2.45) is 0 Å². The Bertz CT molecular complexity index is 813. The number of carbonyl (C=O) groups is 1. The molecule has 0 unspecified atom stereocenters. The van der Waals surface area contributed by atoms with Gasteiger partial charge < -0.3 is 15.5 Å². The van der Waals surface area contributed by atoms with Gasteiger partial charge in [-0.3, -0.25) is 9.89 Å². The molecule has 0 atom stereocenters. The SMILES string of the molecule is O=C(Nc1cccc(-c2cn[nH]c2)c1)c1ccc(O)cc1O. The highest BCUT2D eigenvalue weighted by Crippen LogP contribution is 2.25. The molecule has 0 spiro atoms. The summed E-state index contributed by atoms with van der Waals surface area (Å²) in [7, 11) is 0. The first-order chi connectivity index (χ1) is 10.6. The number of phenolic OH excluding ortho intramolecular Hbond substituents is 2. The van der Waals surface area contributed by atoms with Crippen LogP contribution >= 0.6 is 0 Å². The normalized spacial score (nSPS) is 10.4. The van der Waals surface area contributed by atoms with Gasteiger partial charge in [0, 0.05) is 23.5 Å². The van der Waals surface area contributed by atoms with Crippen LogP contribution in [0.5, 0.6) is 11.5 Å². The number of hydrogen-bond acceptors (Lipinski definition) is 4. The molecule has 0 radical (unpaired) electrons. The molecule has 6 nitrogen and oxygen atoms in total. The molecule has 2 aromatic carbocycles. The lowest BCUT2D eigenvalue weighted by molar-refractivity contribution is 0.102. The minimum Gasteiger partial charge on any atom is -0.508 e. The van der Waals surface area contributed by atoms with Crippen LogP contribution in [0, 0.1) is 0 Å². The minimum atomic E-state index is -0.457. The number of H-pyrrole nitrogens is 1. The average molecular weight is 295 g/mol. The number of anilines is 1. The Morgan fingerprint density at radius 3 is 2.68 bits per heavy atom. The van der Waals surface area contributed by atoms with Gasteiger partial charge in [-0.25, -0.2) is 0 Å². The van der Waals surface area contributed by atoms with Gasteiger partial charge in [-0.05, 0) is 29.8 Å². The molecule has 4 N–H and O–H groups in total. The van der Waals surface area contributed by atoms with E-state index >= 15 is 0 Å².